The van der Waals surface area contributed by atoms with E-state index in [1.165, 1.54) is 0 Å². The van der Waals surface area contributed by atoms with Gasteiger partial charge in [0, 0.05) is 6.42 Å². The van der Waals surface area contributed by atoms with Gasteiger partial charge in [-0.1, -0.05) is 30.3 Å². The molecule has 1 aliphatic heterocycles. The summed E-state index contributed by atoms with van der Waals surface area (Å²) >= 11 is 0. The van der Waals surface area contributed by atoms with E-state index in [9.17, 15) is 13.2 Å². The highest BCUT2D eigenvalue weighted by molar-refractivity contribution is 7.91. The van der Waals surface area contributed by atoms with E-state index in [4.69, 9.17) is 4.74 Å². The van der Waals surface area contributed by atoms with Crippen LogP contribution in [0.2, 0.25) is 0 Å². The van der Waals surface area contributed by atoms with Crippen LogP contribution < -0.4 is 0 Å². The predicted molar refractivity (Wildman–Crippen MR) is 72.2 cm³/mol. The van der Waals surface area contributed by atoms with Gasteiger partial charge in [0.15, 0.2) is 9.84 Å². The van der Waals surface area contributed by atoms with Gasteiger partial charge in [-0.3, -0.25) is 4.79 Å². The van der Waals surface area contributed by atoms with E-state index < -0.39 is 9.84 Å². The van der Waals surface area contributed by atoms with Crippen LogP contribution in [0.3, 0.4) is 0 Å². The van der Waals surface area contributed by atoms with Crippen molar-refractivity contribution in [3.05, 3.63) is 35.9 Å². The van der Waals surface area contributed by atoms with E-state index in [1.54, 1.807) is 0 Å². The molecule has 1 saturated heterocycles. The number of sulfone groups is 1. The standard InChI is InChI=1S/C14H18O4S/c15-14(18-10-12-4-2-1-3-5-12)7-6-13-8-9-19(16,17)11-13/h1-5,13H,6-11H2/t13-/m0/s1. The summed E-state index contributed by atoms with van der Waals surface area (Å²) in [6, 6.07) is 9.50. The van der Waals surface area contributed by atoms with Gasteiger partial charge in [0.2, 0.25) is 0 Å². The Hall–Kier alpha value is -1.36. The van der Waals surface area contributed by atoms with Gasteiger partial charge in [0.05, 0.1) is 11.5 Å². The first-order valence-corrected chi connectivity index (χ1v) is 8.27. The Labute approximate surface area is 113 Å². The van der Waals surface area contributed by atoms with E-state index in [-0.39, 0.29) is 30.0 Å². The molecule has 0 radical (unpaired) electrons. The van der Waals surface area contributed by atoms with Crippen LogP contribution in [0.1, 0.15) is 24.8 Å². The summed E-state index contributed by atoms with van der Waals surface area (Å²) in [6.45, 7) is 0.280. The molecule has 4 nitrogen and oxygen atoms in total. The Morgan fingerprint density at radius 2 is 2.00 bits per heavy atom. The molecule has 0 aromatic heterocycles. The molecule has 0 N–H and O–H groups in total. The second-order valence-corrected chi connectivity index (χ2v) is 7.18. The second kappa shape index (κ2) is 6.19. The maximum absolute atomic E-state index is 11.6. The highest BCUT2D eigenvalue weighted by atomic mass is 32.2. The van der Waals surface area contributed by atoms with Crippen LogP contribution in [-0.2, 0) is 26.0 Å². The smallest absolute Gasteiger partial charge is 0.306 e. The first kappa shape index (κ1) is 14.1. The third kappa shape index (κ3) is 4.67. The number of carbonyl (C=O) groups is 1. The molecular formula is C14H18O4S. The van der Waals surface area contributed by atoms with Gasteiger partial charge < -0.3 is 4.74 Å². The number of carbonyl (C=O) groups excluding carboxylic acids is 1. The summed E-state index contributed by atoms with van der Waals surface area (Å²) in [6.07, 6.45) is 1.58. The lowest BCUT2D eigenvalue weighted by atomic mass is 10.0. The Kier molecular flexibility index (Phi) is 4.58. The minimum atomic E-state index is -2.85. The molecular weight excluding hydrogens is 264 g/mol. The van der Waals surface area contributed by atoms with E-state index in [0.29, 0.717) is 19.3 Å². The molecule has 2 rings (SSSR count). The number of rotatable bonds is 5. The van der Waals surface area contributed by atoms with Gasteiger partial charge in [-0.05, 0) is 24.3 Å². The molecule has 1 atom stereocenters. The maximum Gasteiger partial charge on any atom is 0.306 e. The lowest BCUT2D eigenvalue weighted by molar-refractivity contribution is -0.145. The molecule has 1 aromatic carbocycles. The van der Waals surface area contributed by atoms with Crippen molar-refractivity contribution in [1.82, 2.24) is 0 Å². The van der Waals surface area contributed by atoms with Crippen LogP contribution in [0.15, 0.2) is 30.3 Å². The summed E-state index contributed by atoms with van der Waals surface area (Å²) in [5.74, 6) is 0.345. The van der Waals surface area contributed by atoms with Crippen molar-refractivity contribution in [2.24, 2.45) is 5.92 Å². The zero-order chi connectivity index (χ0) is 13.7. The fourth-order valence-electron chi connectivity index (χ4n) is 2.23. The molecule has 5 heteroatoms. The fourth-order valence-corrected chi connectivity index (χ4v) is 4.14. The molecule has 0 aliphatic carbocycles. The summed E-state index contributed by atoms with van der Waals surface area (Å²) in [5, 5.41) is 0. The van der Waals surface area contributed by atoms with Crippen molar-refractivity contribution in [2.75, 3.05) is 11.5 Å². The Morgan fingerprint density at radius 1 is 1.26 bits per heavy atom. The van der Waals surface area contributed by atoms with E-state index in [1.807, 2.05) is 30.3 Å². The molecule has 0 amide bonds. The molecule has 19 heavy (non-hydrogen) atoms. The van der Waals surface area contributed by atoms with Crippen LogP contribution in [0.5, 0.6) is 0 Å². The van der Waals surface area contributed by atoms with Gasteiger partial charge in [0.1, 0.15) is 6.61 Å². The third-order valence-electron chi connectivity index (χ3n) is 3.33. The lowest BCUT2D eigenvalue weighted by Crippen LogP contribution is -2.09. The zero-order valence-corrected chi connectivity index (χ0v) is 11.6. The van der Waals surface area contributed by atoms with Crippen molar-refractivity contribution in [2.45, 2.75) is 25.9 Å². The number of hydrogen-bond donors (Lipinski definition) is 0. The largest absolute Gasteiger partial charge is 0.461 e. The van der Waals surface area contributed by atoms with Crippen LogP contribution in [-0.4, -0.2) is 25.9 Å². The molecule has 104 valence electrons. The van der Waals surface area contributed by atoms with Crippen molar-refractivity contribution < 1.29 is 17.9 Å². The summed E-state index contributed by atoms with van der Waals surface area (Å²) in [5.41, 5.74) is 0.958. The monoisotopic (exact) mass is 282 g/mol. The zero-order valence-electron chi connectivity index (χ0n) is 10.7. The molecule has 0 saturated carbocycles. The minimum absolute atomic E-state index is 0.120. The van der Waals surface area contributed by atoms with Gasteiger partial charge in [-0.2, -0.15) is 0 Å². The SMILES string of the molecule is O=C(CC[C@H]1CCS(=O)(=O)C1)OCc1ccccc1. The molecule has 1 heterocycles. The third-order valence-corrected chi connectivity index (χ3v) is 5.16. The van der Waals surface area contributed by atoms with Gasteiger partial charge in [-0.25, -0.2) is 8.42 Å². The van der Waals surface area contributed by atoms with Crippen molar-refractivity contribution >= 4 is 15.8 Å². The van der Waals surface area contributed by atoms with Gasteiger partial charge in [0.25, 0.3) is 0 Å². The number of hydrogen-bond acceptors (Lipinski definition) is 4. The van der Waals surface area contributed by atoms with Crippen molar-refractivity contribution in [1.29, 1.82) is 0 Å². The fraction of sp³-hybridized carbons (Fsp3) is 0.500. The highest BCUT2D eigenvalue weighted by Crippen LogP contribution is 2.23. The molecule has 0 bridgehead atoms. The van der Waals surface area contributed by atoms with Crippen molar-refractivity contribution in [3.8, 4) is 0 Å². The maximum atomic E-state index is 11.6. The van der Waals surface area contributed by atoms with Crippen LogP contribution in [0.25, 0.3) is 0 Å². The first-order valence-electron chi connectivity index (χ1n) is 6.45. The second-order valence-electron chi connectivity index (χ2n) is 4.95. The number of benzene rings is 1. The highest BCUT2D eigenvalue weighted by Gasteiger charge is 2.28. The normalized spacial score (nSPS) is 21.2. The van der Waals surface area contributed by atoms with Gasteiger partial charge >= 0.3 is 5.97 Å². The van der Waals surface area contributed by atoms with Crippen LogP contribution in [0, 0.1) is 5.92 Å². The Bertz CT molecular complexity index is 522. The Morgan fingerprint density at radius 3 is 2.63 bits per heavy atom. The molecule has 1 fully saturated rings. The molecule has 0 unspecified atom stereocenters. The van der Waals surface area contributed by atoms with E-state index in [2.05, 4.69) is 0 Å². The summed E-state index contributed by atoms with van der Waals surface area (Å²) in [7, 11) is -2.85. The average Bonchev–Trinajstić information content (AvgIpc) is 2.75. The van der Waals surface area contributed by atoms with Crippen LogP contribution >= 0.6 is 0 Å². The summed E-state index contributed by atoms with van der Waals surface area (Å²) < 4.78 is 27.7. The van der Waals surface area contributed by atoms with Crippen LogP contribution in [0.4, 0.5) is 0 Å². The molecule has 1 aromatic rings. The number of ether oxygens (including phenoxy) is 1. The molecule has 1 aliphatic rings. The quantitative estimate of drug-likeness (QED) is 0.774. The topological polar surface area (TPSA) is 60.4 Å². The Balaban J connectivity index is 1.68. The van der Waals surface area contributed by atoms with E-state index in [0.717, 1.165) is 5.56 Å². The lowest BCUT2D eigenvalue weighted by Gasteiger charge is -2.07. The van der Waals surface area contributed by atoms with E-state index >= 15 is 0 Å². The average molecular weight is 282 g/mol. The van der Waals surface area contributed by atoms with Crippen molar-refractivity contribution in [3.63, 3.8) is 0 Å². The first-order chi connectivity index (χ1) is 9.05. The predicted octanol–water partition coefficient (Wildman–Crippen LogP) is 1.94. The number of esters is 1. The molecule has 0 spiro atoms. The van der Waals surface area contributed by atoms with Gasteiger partial charge in [-0.15, -0.1) is 0 Å². The summed E-state index contributed by atoms with van der Waals surface area (Å²) in [4.78, 5) is 11.6. The minimum Gasteiger partial charge on any atom is -0.461 e.